The molecule has 4 rings (SSSR count). The quantitative estimate of drug-likeness (QED) is 0.539. The number of hydrogen-bond donors (Lipinski definition) is 2. The molecule has 1 aliphatic heterocycles. The van der Waals surface area contributed by atoms with Crippen LogP contribution in [0.15, 0.2) is 53.7 Å². The molecule has 0 bridgehead atoms. The Balaban J connectivity index is 1.58. The molecule has 3 aromatic rings. The number of aromatic nitrogens is 4. The maximum Gasteiger partial charge on any atom is 0.209 e. The van der Waals surface area contributed by atoms with Gasteiger partial charge in [-0.15, -0.1) is 5.10 Å². The highest BCUT2D eigenvalue weighted by molar-refractivity contribution is 7.99. The molecule has 0 saturated carbocycles. The molecule has 0 spiro atoms. The largest absolute Gasteiger partial charge is 0.392 e. The molecule has 8 nitrogen and oxygen atoms in total. The number of ether oxygens (including phenoxy) is 2. The fourth-order valence-electron chi connectivity index (χ4n) is 3.62. The van der Waals surface area contributed by atoms with E-state index in [0.29, 0.717) is 12.3 Å². The van der Waals surface area contributed by atoms with Gasteiger partial charge in [-0.3, -0.25) is 0 Å². The lowest BCUT2D eigenvalue weighted by Gasteiger charge is -2.41. The van der Waals surface area contributed by atoms with E-state index < -0.39 is 6.29 Å². The maximum atomic E-state index is 9.37. The maximum absolute atomic E-state index is 9.37. The zero-order chi connectivity index (χ0) is 21.8. The molecule has 3 N–H and O–H groups in total. The number of hydrogen-bond acceptors (Lipinski definition) is 8. The summed E-state index contributed by atoms with van der Waals surface area (Å²) in [5, 5.41) is 21.8. The molecule has 9 heteroatoms. The lowest BCUT2D eigenvalue weighted by molar-refractivity contribution is -0.268. The van der Waals surface area contributed by atoms with E-state index in [2.05, 4.69) is 22.4 Å². The van der Waals surface area contributed by atoms with Gasteiger partial charge in [0.05, 0.1) is 18.8 Å². The number of nitrogens with zero attached hydrogens (tertiary/aromatic N) is 4. The molecule has 0 aliphatic carbocycles. The molecule has 2 aromatic carbocycles. The third-order valence-corrected chi connectivity index (χ3v) is 6.67. The van der Waals surface area contributed by atoms with E-state index in [9.17, 15) is 5.11 Å². The molecule has 0 unspecified atom stereocenters. The van der Waals surface area contributed by atoms with Crippen molar-refractivity contribution in [2.24, 2.45) is 18.7 Å². The van der Waals surface area contributed by atoms with Crippen LogP contribution < -0.4 is 5.73 Å². The molecule has 0 radical (unpaired) electrons. The Morgan fingerprint density at radius 1 is 1.03 bits per heavy atom. The van der Waals surface area contributed by atoms with Gasteiger partial charge < -0.3 is 20.3 Å². The monoisotopic (exact) mass is 441 g/mol. The predicted octanol–water partition coefficient (Wildman–Crippen LogP) is 2.74. The molecule has 4 atom stereocenters. The van der Waals surface area contributed by atoms with Crippen molar-refractivity contribution in [1.82, 2.24) is 20.2 Å². The van der Waals surface area contributed by atoms with Gasteiger partial charge in [-0.25, -0.2) is 4.68 Å². The summed E-state index contributed by atoms with van der Waals surface area (Å²) in [5.74, 6) is 0.801. The smallest absolute Gasteiger partial charge is 0.209 e. The molecule has 2 heterocycles. The normalized spacial score (nSPS) is 23.7. The van der Waals surface area contributed by atoms with Crippen molar-refractivity contribution in [3.63, 3.8) is 0 Å². The minimum Gasteiger partial charge on any atom is -0.392 e. The average Bonchev–Trinajstić information content (AvgIpc) is 3.23. The van der Waals surface area contributed by atoms with Crippen LogP contribution in [-0.2, 0) is 29.7 Å². The minimum absolute atomic E-state index is 0.0194. The van der Waals surface area contributed by atoms with E-state index in [1.54, 1.807) is 16.4 Å². The Bertz CT molecular complexity index is 980. The van der Waals surface area contributed by atoms with Gasteiger partial charge in [0.1, 0.15) is 0 Å². The summed E-state index contributed by atoms with van der Waals surface area (Å²) in [6.07, 6.45) is -0.713. The van der Waals surface area contributed by atoms with Crippen LogP contribution >= 0.6 is 11.8 Å². The number of benzene rings is 2. The van der Waals surface area contributed by atoms with Gasteiger partial charge in [0.25, 0.3) is 0 Å². The first-order valence-corrected chi connectivity index (χ1v) is 11.2. The average molecular weight is 442 g/mol. The van der Waals surface area contributed by atoms with Crippen LogP contribution in [0, 0.1) is 5.92 Å². The molecule has 1 saturated heterocycles. The number of rotatable bonds is 7. The van der Waals surface area contributed by atoms with Crippen molar-refractivity contribution in [2.45, 2.75) is 43.7 Å². The van der Waals surface area contributed by atoms with Gasteiger partial charge in [0, 0.05) is 30.8 Å². The van der Waals surface area contributed by atoms with E-state index in [0.717, 1.165) is 27.4 Å². The van der Waals surface area contributed by atoms with Gasteiger partial charge >= 0.3 is 0 Å². The van der Waals surface area contributed by atoms with E-state index in [-0.39, 0.29) is 24.7 Å². The van der Waals surface area contributed by atoms with E-state index >= 15 is 0 Å². The highest BCUT2D eigenvalue weighted by Gasteiger charge is 2.38. The van der Waals surface area contributed by atoms with E-state index in [4.69, 9.17) is 15.2 Å². The Kier molecular flexibility index (Phi) is 6.99. The molecule has 1 aliphatic rings. The van der Waals surface area contributed by atoms with E-state index in [1.807, 2.05) is 55.6 Å². The van der Waals surface area contributed by atoms with Crippen LogP contribution in [0.4, 0.5) is 0 Å². The number of tetrazole rings is 1. The number of nitrogens with two attached hydrogens (primary N) is 1. The first-order valence-electron chi connectivity index (χ1n) is 10.2. The van der Waals surface area contributed by atoms with Crippen LogP contribution in [0.3, 0.4) is 0 Å². The SMILES string of the molecule is C[C@@H]1[C@H](CSc2nnnn2C)O[C@H](c2ccc(CN)cc2)O[C@@H]1c1ccc(CO)cc1. The summed E-state index contributed by atoms with van der Waals surface area (Å²) in [5.41, 5.74) is 9.69. The molecule has 164 valence electrons. The Hall–Kier alpha value is -2.30. The van der Waals surface area contributed by atoms with Gasteiger partial charge in [-0.1, -0.05) is 67.2 Å². The van der Waals surface area contributed by atoms with Gasteiger partial charge in [-0.2, -0.15) is 0 Å². The number of thioether (sulfide) groups is 1. The first-order chi connectivity index (χ1) is 15.1. The summed E-state index contributed by atoms with van der Waals surface area (Å²) in [6, 6.07) is 15.9. The predicted molar refractivity (Wildman–Crippen MR) is 117 cm³/mol. The molecule has 1 fully saturated rings. The topological polar surface area (TPSA) is 108 Å². The Morgan fingerprint density at radius 3 is 2.32 bits per heavy atom. The lowest BCUT2D eigenvalue weighted by atomic mass is 9.91. The zero-order valence-electron chi connectivity index (χ0n) is 17.6. The molecule has 1 aromatic heterocycles. The molecule has 31 heavy (non-hydrogen) atoms. The first kappa shape index (κ1) is 21.9. The van der Waals surface area contributed by atoms with Crippen LogP contribution in [0.25, 0.3) is 0 Å². The van der Waals surface area contributed by atoms with Crippen LogP contribution in [0.1, 0.15) is 41.6 Å². The fraction of sp³-hybridized carbons (Fsp3) is 0.409. The number of aryl methyl sites for hydroxylation is 1. The van der Waals surface area contributed by atoms with Crippen molar-refractivity contribution in [3.8, 4) is 0 Å². The zero-order valence-corrected chi connectivity index (χ0v) is 18.4. The highest BCUT2D eigenvalue weighted by Crippen LogP contribution is 2.42. The number of aliphatic hydroxyl groups is 1. The third-order valence-electron chi connectivity index (χ3n) is 5.57. The second-order valence-electron chi connectivity index (χ2n) is 7.66. The summed E-state index contributed by atoms with van der Waals surface area (Å²) in [6.45, 7) is 2.65. The van der Waals surface area contributed by atoms with Crippen LogP contribution in [0.5, 0.6) is 0 Å². The third kappa shape index (κ3) is 4.97. The van der Waals surface area contributed by atoms with Crippen molar-refractivity contribution >= 4 is 11.8 Å². The Labute approximate surface area is 185 Å². The summed E-state index contributed by atoms with van der Waals surface area (Å²) < 4.78 is 14.5. The minimum atomic E-state index is -0.492. The molecular weight excluding hydrogens is 414 g/mol. The summed E-state index contributed by atoms with van der Waals surface area (Å²) in [7, 11) is 1.82. The molecule has 0 amide bonds. The van der Waals surface area contributed by atoms with Gasteiger partial charge in [0.15, 0.2) is 6.29 Å². The lowest BCUT2D eigenvalue weighted by Crippen LogP contribution is -2.38. The number of aliphatic hydroxyl groups excluding tert-OH is 1. The molecular formula is C22H27N5O3S. The highest BCUT2D eigenvalue weighted by atomic mass is 32.2. The van der Waals surface area contributed by atoms with Crippen LogP contribution in [0.2, 0.25) is 0 Å². The summed E-state index contributed by atoms with van der Waals surface area (Å²) in [4.78, 5) is 0. The fourth-order valence-corrected chi connectivity index (χ4v) is 4.63. The second kappa shape index (κ2) is 9.88. The van der Waals surface area contributed by atoms with Gasteiger partial charge in [0.2, 0.25) is 5.16 Å². The van der Waals surface area contributed by atoms with Crippen LogP contribution in [-0.4, -0.2) is 37.2 Å². The summed E-state index contributed by atoms with van der Waals surface area (Å²) >= 11 is 1.57. The van der Waals surface area contributed by atoms with Crippen molar-refractivity contribution in [2.75, 3.05) is 5.75 Å². The standard InChI is InChI=1S/C22H27N5O3S/c1-14-19(13-31-22-24-25-26-27(22)2)29-21(18-9-3-15(11-23)4-10-18)30-20(14)17-7-5-16(12-28)6-8-17/h3-10,14,19-21,28H,11-13,23H2,1-2H3/t14-,19+,20+,21+/m1/s1. The van der Waals surface area contributed by atoms with Crippen molar-refractivity contribution in [1.29, 1.82) is 0 Å². The van der Waals surface area contributed by atoms with E-state index in [1.165, 1.54) is 0 Å². The Morgan fingerprint density at radius 2 is 1.71 bits per heavy atom. The van der Waals surface area contributed by atoms with Crippen molar-refractivity contribution < 1.29 is 14.6 Å². The van der Waals surface area contributed by atoms with Gasteiger partial charge in [-0.05, 0) is 27.1 Å². The van der Waals surface area contributed by atoms with Crippen molar-refractivity contribution in [3.05, 3.63) is 70.8 Å². The second-order valence-corrected chi connectivity index (χ2v) is 8.65.